The molecular weight excluding hydrogens is 397 g/mol. The summed E-state index contributed by atoms with van der Waals surface area (Å²) >= 11 is 0. The molecule has 1 aliphatic rings. The van der Waals surface area contributed by atoms with Crippen molar-refractivity contribution in [1.82, 2.24) is 0 Å². The molecule has 0 aromatic heterocycles. The van der Waals surface area contributed by atoms with Crippen LogP contribution in [0, 0.1) is 13.8 Å². The van der Waals surface area contributed by atoms with Crippen LogP contribution in [0.2, 0.25) is 0 Å². The number of anilines is 1. The van der Waals surface area contributed by atoms with Gasteiger partial charge in [-0.05, 0) is 37.1 Å². The quantitative estimate of drug-likeness (QED) is 0.650. The van der Waals surface area contributed by atoms with Crippen LogP contribution in [0.4, 0.5) is 5.69 Å². The van der Waals surface area contributed by atoms with Gasteiger partial charge < -0.3 is 9.05 Å². The minimum absolute atomic E-state index is 0.0866. The molecule has 0 radical (unpaired) electrons. The van der Waals surface area contributed by atoms with Gasteiger partial charge in [0, 0.05) is 26.2 Å². The average Bonchev–Trinajstić information content (AvgIpc) is 2.94. The number of sulfonamides is 1. The van der Waals surface area contributed by atoms with Crippen molar-refractivity contribution < 1.29 is 22.0 Å². The van der Waals surface area contributed by atoms with Crippen LogP contribution >= 0.6 is 7.60 Å². The Morgan fingerprint density at radius 1 is 1.11 bits per heavy atom. The zero-order valence-electron chi connectivity index (χ0n) is 16.8. The van der Waals surface area contributed by atoms with E-state index < -0.39 is 23.0 Å². The van der Waals surface area contributed by atoms with E-state index in [-0.39, 0.29) is 17.6 Å². The van der Waals surface area contributed by atoms with Gasteiger partial charge in [-0.1, -0.05) is 42.8 Å². The second-order valence-electron chi connectivity index (χ2n) is 7.49. The molecule has 1 heterocycles. The van der Waals surface area contributed by atoms with E-state index in [0.29, 0.717) is 11.3 Å². The third-order valence-electron chi connectivity index (χ3n) is 5.32. The summed E-state index contributed by atoms with van der Waals surface area (Å²) in [5.41, 5.74) is 2.42. The molecule has 8 heteroatoms. The van der Waals surface area contributed by atoms with Crippen LogP contribution in [0.15, 0.2) is 47.4 Å². The minimum atomic E-state index is -3.77. The van der Waals surface area contributed by atoms with E-state index in [1.165, 1.54) is 18.5 Å². The fraction of sp³-hybridized carbons (Fsp3) is 0.400. The van der Waals surface area contributed by atoms with Crippen LogP contribution in [0.25, 0.3) is 0 Å². The molecule has 0 saturated carbocycles. The first-order chi connectivity index (χ1) is 13.1. The molecule has 1 aliphatic heterocycles. The Morgan fingerprint density at radius 2 is 1.75 bits per heavy atom. The molecule has 2 aromatic rings. The van der Waals surface area contributed by atoms with Gasteiger partial charge in [0.1, 0.15) is 0 Å². The van der Waals surface area contributed by atoms with Crippen molar-refractivity contribution in [3.8, 4) is 0 Å². The van der Waals surface area contributed by atoms with Crippen LogP contribution in [-0.2, 0) is 29.1 Å². The van der Waals surface area contributed by atoms with Gasteiger partial charge in [0.15, 0.2) is 0 Å². The van der Waals surface area contributed by atoms with Crippen molar-refractivity contribution in [2.45, 2.75) is 31.1 Å². The van der Waals surface area contributed by atoms with Gasteiger partial charge in [0.2, 0.25) is 0 Å². The standard InChI is InChI=1S/C20H26NO5PS/c1-15-10-11-18-17(12-15)20(3,14-27(22,25-4)26-5)13-21(18)28(23,24)19-9-7-6-8-16(19)2/h6-12H,13-14H2,1-5H3. The van der Waals surface area contributed by atoms with Crippen LogP contribution in [0.3, 0.4) is 0 Å². The van der Waals surface area contributed by atoms with Crippen molar-refractivity contribution in [2.24, 2.45) is 0 Å². The van der Waals surface area contributed by atoms with Gasteiger partial charge in [0.25, 0.3) is 10.0 Å². The topological polar surface area (TPSA) is 72.9 Å². The van der Waals surface area contributed by atoms with Gasteiger partial charge in [-0.2, -0.15) is 0 Å². The molecule has 0 spiro atoms. The predicted molar refractivity (Wildman–Crippen MR) is 111 cm³/mol. The van der Waals surface area contributed by atoms with Crippen molar-refractivity contribution in [1.29, 1.82) is 0 Å². The van der Waals surface area contributed by atoms with Gasteiger partial charge in [0.05, 0.1) is 16.7 Å². The molecule has 0 bridgehead atoms. The van der Waals surface area contributed by atoms with Crippen molar-refractivity contribution >= 4 is 23.3 Å². The van der Waals surface area contributed by atoms with Gasteiger partial charge in [-0.25, -0.2) is 8.42 Å². The lowest BCUT2D eigenvalue weighted by molar-refractivity contribution is 0.268. The lowest BCUT2D eigenvalue weighted by Gasteiger charge is -2.29. The highest BCUT2D eigenvalue weighted by Gasteiger charge is 2.48. The first-order valence-electron chi connectivity index (χ1n) is 8.96. The predicted octanol–water partition coefficient (Wildman–Crippen LogP) is 4.26. The summed E-state index contributed by atoms with van der Waals surface area (Å²) in [6.07, 6.45) is 0.0866. The number of fused-ring (bicyclic) bond motifs is 1. The lowest BCUT2D eigenvalue weighted by atomic mass is 9.86. The second-order valence-corrected chi connectivity index (χ2v) is 11.6. The second kappa shape index (κ2) is 7.30. The molecule has 152 valence electrons. The third kappa shape index (κ3) is 3.52. The summed E-state index contributed by atoms with van der Waals surface area (Å²) < 4.78 is 51.6. The largest absolute Gasteiger partial charge is 0.331 e. The Hall–Kier alpha value is -1.66. The van der Waals surface area contributed by atoms with E-state index in [9.17, 15) is 13.0 Å². The zero-order chi connectivity index (χ0) is 20.7. The number of aryl methyl sites for hydroxylation is 2. The van der Waals surface area contributed by atoms with Crippen LogP contribution in [0.5, 0.6) is 0 Å². The molecule has 3 rings (SSSR count). The summed E-state index contributed by atoms with van der Waals surface area (Å²) in [7, 11) is -4.42. The Kier molecular flexibility index (Phi) is 5.49. The SMILES string of the molecule is COP(=O)(CC1(C)CN(S(=O)(=O)c2ccccc2C)c2ccc(C)cc21)OC. The number of hydrogen-bond donors (Lipinski definition) is 0. The normalized spacial score (nSPS) is 19.7. The van der Waals surface area contributed by atoms with E-state index in [1.807, 2.05) is 38.1 Å². The fourth-order valence-corrected chi connectivity index (χ4v) is 7.15. The molecule has 6 nitrogen and oxygen atoms in total. The van der Waals surface area contributed by atoms with E-state index in [1.54, 1.807) is 25.1 Å². The molecule has 0 amide bonds. The maximum absolute atomic E-state index is 13.5. The molecule has 1 atom stereocenters. The third-order valence-corrected chi connectivity index (χ3v) is 9.44. The van der Waals surface area contributed by atoms with E-state index in [0.717, 1.165) is 11.1 Å². The Labute approximate surface area is 167 Å². The summed E-state index contributed by atoms with van der Waals surface area (Å²) in [5, 5.41) is 0. The maximum Gasteiger partial charge on any atom is 0.331 e. The molecule has 0 N–H and O–H groups in total. The van der Waals surface area contributed by atoms with Crippen molar-refractivity contribution in [2.75, 3.05) is 31.2 Å². The molecule has 28 heavy (non-hydrogen) atoms. The van der Waals surface area contributed by atoms with E-state index in [2.05, 4.69) is 0 Å². The van der Waals surface area contributed by atoms with E-state index in [4.69, 9.17) is 9.05 Å². The highest BCUT2D eigenvalue weighted by atomic mass is 32.2. The molecular formula is C20H26NO5PS. The monoisotopic (exact) mass is 423 g/mol. The molecule has 0 aliphatic carbocycles. The number of nitrogens with zero attached hydrogens (tertiary/aromatic N) is 1. The lowest BCUT2D eigenvalue weighted by Crippen LogP contribution is -2.37. The maximum atomic E-state index is 13.5. The minimum Gasteiger partial charge on any atom is -0.312 e. The summed E-state index contributed by atoms with van der Waals surface area (Å²) in [4.78, 5) is 0.271. The Morgan fingerprint density at radius 3 is 2.36 bits per heavy atom. The molecule has 1 unspecified atom stereocenters. The average molecular weight is 423 g/mol. The number of benzene rings is 2. The first-order valence-corrected chi connectivity index (χ1v) is 12.1. The summed E-state index contributed by atoms with van der Waals surface area (Å²) in [5.74, 6) is 0. The number of hydrogen-bond acceptors (Lipinski definition) is 5. The van der Waals surface area contributed by atoms with Crippen LogP contribution in [0.1, 0.15) is 23.6 Å². The molecule has 0 saturated heterocycles. The Balaban J connectivity index is 2.15. The zero-order valence-corrected chi connectivity index (χ0v) is 18.5. The van der Waals surface area contributed by atoms with Gasteiger partial charge >= 0.3 is 7.60 Å². The summed E-state index contributed by atoms with van der Waals surface area (Å²) in [6, 6.07) is 12.6. The van der Waals surface area contributed by atoms with Crippen LogP contribution < -0.4 is 4.31 Å². The Bertz CT molecular complexity index is 1040. The fourth-order valence-electron chi connectivity index (χ4n) is 3.78. The first kappa shape index (κ1) is 21.1. The van der Waals surface area contributed by atoms with Gasteiger partial charge in [-0.15, -0.1) is 0 Å². The number of rotatable bonds is 6. The van der Waals surface area contributed by atoms with Gasteiger partial charge in [-0.3, -0.25) is 8.87 Å². The highest BCUT2D eigenvalue weighted by Crippen LogP contribution is 2.55. The van der Waals surface area contributed by atoms with Crippen LogP contribution in [-0.4, -0.2) is 35.3 Å². The summed E-state index contributed by atoms with van der Waals surface area (Å²) in [6.45, 7) is 5.80. The molecule has 2 aromatic carbocycles. The van der Waals surface area contributed by atoms with Crippen molar-refractivity contribution in [3.05, 3.63) is 59.2 Å². The van der Waals surface area contributed by atoms with Crippen molar-refractivity contribution in [3.63, 3.8) is 0 Å². The molecule has 0 fully saturated rings. The van der Waals surface area contributed by atoms with E-state index >= 15 is 0 Å². The smallest absolute Gasteiger partial charge is 0.312 e. The highest BCUT2D eigenvalue weighted by molar-refractivity contribution is 7.93.